The monoisotopic (exact) mass is 376 g/mol. The summed E-state index contributed by atoms with van der Waals surface area (Å²) in [6.07, 6.45) is 9.67. The van der Waals surface area contributed by atoms with Gasteiger partial charge < -0.3 is 0 Å². The van der Waals surface area contributed by atoms with E-state index in [1.807, 2.05) is 5.38 Å². The van der Waals surface area contributed by atoms with Crippen LogP contribution in [0.4, 0.5) is 0 Å². The molecule has 1 aromatic heterocycles. The summed E-state index contributed by atoms with van der Waals surface area (Å²) in [5, 5.41) is 3.34. The molecule has 0 amide bonds. The van der Waals surface area contributed by atoms with Gasteiger partial charge in [0.2, 0.25) is 9.84 Å². The van der Waals surface area contributed by atoms with E-state index in [1.54, 1.807) is 0 Å². The van der Waals surface area contributed by atoms with E-state index in [2.05, 4.69) is 22.9 Å². The Labute approximate surface area is 134 Å². The molecule has 0 saturated heterocycles. The molecule has 0 spiro atoms. The van der Waals surface area contributed by atoms with Crippen LogP contribution in [0, 0.1) is 0 Å². The van der Waals surface area contributed by atoms with E-state index in [9.17, 15) is 8.42 Å². The molecular formula is C15H21BrO2S2. The van der Waals surface area contributed by atoms with Gasteiger partial charge in [0.25, 0.3) is 0 Å². The van der Waals surface area contributed by atoms with E-state index in [0.29, 0.717) is 9.38 Å². The molecule has 0 radical (unpaired) electrons. The number of thiophene rings is 1. The molecule has 0 atom stereocenters. The zero-order valence-corrected chi connectivity index (χ0v) is 15.0. The molecule has 0 aliphatic carbocycles. The van der Waals surface area contributed by atoms with Crippen molar-refractivity contribution in [1.29, 1.82) is 0 Å². The first-order valence-electron chi connectivity index (χ1n) is 7.29. The second-order valence-electron chi connectivity index (χ2n) is 5.30. The van der Waals surface area contributed by atoms with Gasteiger partial charge in [0.1, 0.15) is 0 Å². The van der Waals surface area contributed by atoms with Gasteiger partial charge in [0.15, 0.2) is 0 Å². The molecule has 0 bridgehead atoms. The first kappa shape index (κ1) is 16.2. The number of sulfone groups is 1. The highest BCUT2D eigenvalue weighted by atomic mass is 79.9. The minimum atomic E-state index is -3.20. The molecule has 5 heteroatoms. The Balaban J connectivity index is 1.84. The predicted octanol–water partition coefficient (Wildman–Crippen LogP) is 5.52. The molecule has 20 heavy (non-hydrogen) atoms. The molecule has 1 aliphatic heterocycles. The van der Waals surface area contributed by atoms with Crippen molar-refractivity contribution in [3.05, 3.63) is 21.2 Å². The van der Waals surface area contributed by atoms with Gasteiger partial charge in [-0.3, -0.25) is 0 Å². The van der Waals surface area contributed by atoms with Crippen molar-refractivity contribution in [2.75, 3.05) is 0 Å². The standard InChI is InChI=1S/C15H21BrO2S2/c1-2-3-4-5-6-7-8-9-12-10-19-14-13(16)11-20(17,18)15(12)14/h10-11H,2-9H2,1H3. The maximum absolute atomic E-state index is 12.1. The van der Waals surface area contributed by atoms with Crippen LogP contribution < -0.4 is 0 Å². The van der Waals surface area contributed by atoms with E-state index in [-0.39, 0.29) is 0 Å². The maximum atomic E-state index is 12.1. The Bertz CT molecular complexity index is 585. The van der Waals surface area contributed by atoms with Gasteiger partial charge in [-0.05, 0) is 39.7 Å². The Morgan fingerprint density at radius 1 is 1.10 bits per heavy atom. The molecule has 0 saturated carbocycles. The van der Waals surface area contributed by atoms with E-state index in [0.717, 1.165) is 23.3 Å². The quantitative estimate of drug-likeness (QED) is 0.559. The topological polar surface area (TPSA) is 34.1 Å². The second-order valence-corrected chi connectivity index (χ2v) is 8.77. The van der Waals surface area contributed by atoms with E-state index < -0.39 is 9.84 Å². The van der Waals surface area contributed by atoms with Crippen molar-refractivity contribution >= 4 is 41.6 Å². The summed E-state index contributed by atoms with van der Waals surface area (Å²) < 4.78 is 24.8. The van der Waals surface area contributed by atoms with Crippen LogP contribution in [0.5, 0.6) is 0 Å². The summed E-state index contributed by atoms with van der Waals surface area (Å²) in [5.41, 5.74) is 1.00. The van der Waals surface area contributed by atoms with E-state index in [1.165, 1.54) is 55.3 Å². The second kappa shape index (κ2) is 7.23. The number of hydrogen-bond acceptors (Lipinski definition) is 3. The molecule has 112 valence electrons. The molecule has 0 unspecified atom stereocenters. The average Bonchev–Trinajstić information content (AvgIpc) is 2.90. The third kappa shape index (κ3) is 3.74. The van der Waals surface area contributed by atoms with Crippen LogP contribution in [0.2, 0.25) is 0 Å². The number of rotatable bonds is 8. The molecule has 0 N–H and O–H groups in total. The van der Waals surface area contributed by atoms with Gasteiger partial charge in [-0.1, -0.05) is 45.4 Å². The zero-order chi connectivity index (χ0) is 14.6. The molecule has 1 aliphatic rings. The lowest BCUT2D eigenvalue weighted by Crippen LogP contribution is -1.96. The number of fused-ring (bicyclic) bond motifs is 1. The van der Waals surface area contributed by atoms with E-state index >= 15 is 0 Å². The first-order chi connectivity index (χ1) is 9.56. The van der Waals surface area contributed by atoms with Crippen LogP contribution in [0.3, 0.4) is 0 Å². The average molecular weight is 377 g/mol. The lowest BCUT2D eigenvalue weighted by molar-refractivity contribution is 0.586. The Kier molecular flexibility index (Phi) is 5.87. The SMILES string of the molecule is CCCCCCCCCc1csc2c1S(=O)(=O)C=C2Br. The summed E-state index contributed by atoms with van der Waals surface area (Å²) in [6.45, 7) is 2.23. The summed E-state index contributed by atoms with van der Waals surface area (Å²) in [5.74, 6) is 0. The molecule has 2 heterocycles. The van der Waals surface area contributed by atoms with Crippen molar-refractivity contribution in [3.8, 4) is 0 Å². The van der Waals surface area contributed by atoms with Crippen molar-refractivity contribution in [1.82, 2.24) is 0 Å². The maximum Gasteiger partial charge on any atom is 0.202 e. The summed E-state index contributed by atoms with van der Waals surface area (Å²) in [7, 11) is -3.20. The van der Waals surface area contributed by atoms with Crippen molar-refractivity contribution < 1.29 is 8.42 Å². The van der Waals surface area contributed by atoms with Gasteiger partial charge in [0.05, 0.1) is 15.2 Å². The minimum Gasteiger partial charge on any atom is -0.219 e. The fourth-order valence-corrected chi connectivity index (χ4v) is 6.85. The summed E-state index contributed by atoms with van der Waals surface area (Å²) in [4.78, 5) is 1.43. The lowest BCUT2D eigenvalue weighted by atomic mass is 10.1. The van der Waals surface area contributed by atoms with Crippen molar-refractivity contribution in [2.24, 2.45) is 0 Å². The first-order valence-corrected chi connectivity index (χ1v) is 10.5. The number of aryl methyl sites for hydroxylation is 1. The highest BCUT2D eigenvalue weighted by molar-refractivity contribution is 9.15. The van der Waals surface area contributed by atoms with Gasteiger partial charge in [-0.2, -0.15) is 0 Å². The predicted molar refractivity (Wildman–Crippen MR) is 90.1 cm³/mol. The van der Waals surface area contributed by atoms with Crippen molar-refractivity contribution in [3.63, 3.8) is 0 Å². The fourth-order valence-electron chi connectivity index (χ4n) is 2.55. The smallest absolute Gasteiger partial charge is 0.202 e. The largest absolute Gasteiger partial charge is 0.219 e. The number of hydrogen-bond donors (Lipinski definition) is 0. The normalized spacial score (nSPS) is 16.2. The molecule has 0 aromatic carbocycles. The third-order valence-electron chi connectivity index (χ3n) is 3.63. The lowest BCUT2D eigenvalue weighted by Gasteiger charge is -2.02. The highest BCUT2D eigenvalue weighted by Crippen LogP contribution is 2.43. The van der Waals surface area contributed by atoms with Gasteiger partial charge in [-0.25, -0.2) is 8.42 Å². The third-order valence-corrected chi connectivity index (χ3v) is 7.59. The van der Waals surface area contributed by atoms with Crippen LogP contribution in [0.15, 0.2) is 15.7 Å². The molecule has 2 rings (SSSR count). The highest BCUT2D eigenvalue weighted by Gasteiger charge is 2.30. The molecular weight excluding hydrogens is 356 g/mol. The summed E-state index contributed by atoms with van der Waals surface area (Å²) in [6, 6.07) is 0. The minimum absolute atomic E-state index is 0.556. The van der Waals surface area contributed by atoms with Gasteiger partial charge >= 0.3 is 0 Å². The van der Waals surface area contributed by atoms with Crippen molar-refractivity contribution in [2.45, 2.75) is 63.2 Å². The van der Waals surface area contributed by atoms with Crippen LogP contribution in [0.25, 0.3) is 4.48 Å². The zero-order valence-electron chi connectivity index (χ0n) is 11.8. The van der Waals surface area contributed by atoms with Gasteiger partial charge in [-0.15, -0.1) is 11.3 Å². The van der Waals surface area contributed by atoms with Gasteiger partial charge in [0, 0.05) is 4.48 Å². The van der Waals surface area contributed by atoms with Crippen LogP contribution in [-0.2, 0) is 16.3 Å². The Morgan fingerprint density at radius 2 is 1.75 bits per heavy atom. The summed E-state index contributed by atoms with van der Waals surface area (Å²) >= 11 is 4.87. The number of unbranched alkanes of at least 4 members (excludes halogenated alkanes) is 6. The fraction of sp³-hybridized carbons (Fsp3) is 0.600. The molecule has 1 aromatic rings. The Hall–Kier alpha value is -0.130. The van der Waals surface area contributed by atoms with Crippen LogP contribution in [-0.4, -0.2) is 8.42 Å². The molecule has 0 fully saturated rings. The molecule has 2 nitrogen and oxygen atoms in total. The van der Waals surface area contributed by atoms with E-state index in [4.69, 9.17) is 0 Å². The Morgan fingerprint density at radius 3 is 2.45 bits per heavy atom. The number of halogens is 1. The van der Waals surface area contributed by atoms with Crippen LogP contribution >= 0.6 is 27.3 Å². The van der Waals surface area contributed by atoms with Crippen LogP contribution in [0.1, 0.15) is 62.3 Å².